The first kappa shape index (κ1) is 12.7. The fourth-order valence-electron chi connectivity index (χ4n) is 1.66. The van der Waals surface area contributed by atoms with Gasteiger partial charge in [0.2, 0.25) is 0 Å². The normalized spacial score (nSPS) is 10.5. The second-order valence-corrected chi connectivity index (χ2v) is 3.88. The van der Waals surface area contributed by atoms with E-state index in [2.05, 4.69) is 22.4 Å². The van der Waals surface area contributed by atoms with Crippen molar-refractivity contribution in [2.45, 2.75) is 0 Å². The maximum absolute atomic E-state index is 5.90. The molecule has 3 heteroatoms. The van der Waals surface area contributed by atoms with Crippen LogP contribution in [0.5, 0.6) is 0 Å². The molecule has 0 aliphatic carbocycles. The van der Waals surface area contributed by atoms with Crippen molar-refractivity contribution in [2.75, 3.05) is 7.05 Å². The number of benzene rings is 2. The zero-order valence-electron chi connectivity index (χ0n) is 10.7. The molecular formula is C16H15N3. The van der Waals surface area contributed by atoms with Crippen molar-refractivity contribution in [3.8, 4) is 11.8 Å². The van der Waals surface area contributed by atoms with Gasteiger partial charge in [0.25, 0.3) is 0 Å². The van der Waals surface area contributed by atoms with Crippen LogP contribution in [0.4, 0.5) is 0 Å². The first-order chi connectivity index (χ1) is 9.31. The van der Waals surface area contributed by atoms with Crippen molar-refractivity contribution in [1.29, 1.82) is 0 Å². The van der Waals surface area contributed by atoms with Crippen LogP contribution in [0.1, 0.15) is 16.7 Å². The van der Waals surface area contributed by atoms with E-state index in [1.165, 1.54) is 0 Å². The molecule has 0 fully saturated rings. The Morgan fingerprint density at radius 3 is 2.42 bits per heavy atom. The van der Waals surface area contributed by atoms with E-state index in [9.17, 15) is 0 Å². The average Bonchev–Trinajstić information content (AvgIpc) is 2.47. The number of rotatable bonds is 2. The Morgan fingerprint density at radius 1 is 1.00 bits per heavy atom. The molecule has 0 bridgehead atoms. The Hall–Kier alpha value is -2.73. The molecule has 94 valence electrons. The molecule has 0 saturated carbocycles. The van der Waals surface area contributed by atoms with Crippen molar-refractivity contribution < 1.29 is 0 Å². The maximum Gasteiger partial charge on any atom is 0.151 e. The van der Waals surface area contributed by atoms with Crippen molar-refractivity contribution in [2.24, 2.45) is 10.8 Å². The summed E-state index contributed by atoms with van der Waals surface area (Å²) in [4.78, 5) is 0. The Bertz CT molecular complexity index is 634. The average molecular weight is 249 g/mol. The lowest BCUT2D eigenvalue weighted by Crippen LogP contribution is -2.18. The zero-order chi connectivity index (χ0) is 13.5. The summed E-state index contributed by atoms with van der Waals surface area (Å²) in [5, 5.41) is 3.99. The lowest BCUT2D eigenvalue weighted by atomic mass is 10.1. The van der Waals surface area contributed by atoms with Gasteiger partial charge in [-0.05, 0) is 24.3 Å². The highest BCUT2D eigenvalue weighted by atomic mass is 15.3. The van der Waals surface area contributed by atoms with Gasteiger partial charge in [-0.15, -0.1) is 0 Å². The Morgan fingerprint density at radius 2 is 1.68 bits per heavy atom. The van der Waals surface area contributed by atoms with Gasteiger partial charge in [-0.1, -0.05) is 42.2 Å². The molecule has 0 aliphatic heterocycles. The number of hydrogen-bond donors (Lipinski definition) is 2. The van der Waals surface area contributed by atoms with Crippen LogP contribution in [0.2, 0.25) is 0 Å². The van der Waals surface area contributed by atoms with Crippen molar-refractivity contribution in [3.63, 3.8) is 0 Å². The van der Waals surface area contributed by atoms with E-state index in [1.807, 2.05) is 54.6 Å². The topological polar surface area (TPSA) is 50.4 Å². The van der Waals surface area contributed by atoms with Crippen molar-refractivity contribution in [1.82, 2.24) is 5.43 Å². The quantitative estimate of drug-likeness (QED) is 0.370. The van der Waals surface area contributed by atoms with E-state index in [0.717, 1.165) is 16.7 Å². The van der Waals surface area contributed by atoms with Crippen LogP contribution in [0.25, 0.3) is 0 Å². The van der Waals surface area contributed by atoms with Crippen LogP contribution in [-0.2, 0) is 0 Å². The first-order valence-electron chi connectivity index (χ1n) is 5.97. The summed E-state index contributed by atoms with van der Waals surface area (Å²) in [6.07, 6.45) is 0. The molecule has 3 N–H and O–H groups in total. The number of amidine groups is 1. The fourth-order valence-corrected chi connectivity index (χ4v) is 1.66. The van der Waals surface area contributed by atoms with Gasteiger partial charge in [0, 0.05) is 23.7 Å². The Labute approximate surface area is 113 Å². The molecule has 0 spiro atoms. The predicted molar refractivity (Wildman–Crippen MR) is 78.6 cm³/mol. The first-order valence-corrected chi connectivity index (χ1v) is 5.97. The third-order valence-electron chi connectivity index (χ3n) is 2.55. The Kier molecular flexibility index (Phi) is 4.20. The largest absolute Gasteiger partial charge is 0.382 e. The third kappa shape index (κ3) is 3.36. The molecule has 2 rings (SSSR count). The number of nitrogens with zero attached hydrogens (tertiary/aromatic N) is 1. The van der Waals surface area contributed by atoms with Gasteiger partial charge in [0.15, 0.2) is 5.84 Å². The molecular weight excluding hydrogens is 234 g/mol. The maximum atomic E-state index is 5.90. The molecule has 0 atom stereocenters. The highest BCUT2D eigenvalue weighted by Crippen LogP contribution is 2.07. The standard InChI is InChI=1S/C16H15N3/c1-18-19-16(17)15-10-6-5-9-14(15)12-11-13-7-3-2-4-8-13/h2-10,18H,1H3,(H2,17,19). The van der Waals surface area contributed by atoms with Crippen LogP contribution < -0.4 is 11.2 Å². The molecule has 0 aromatic heterocycles. The van der Waals surface area contributed by atoms with Crippen LogP contribution >= 0.6 is 0 Å². The zero-order valence-corrected chi connectivity index (χ0v) is 10.7. The summed E-state index contributed by atoms with van der Waals surface area (Å²) in [7, 11) is 1.71. The smallest absolute Gasteiger partial charge is 0.151 e. The second kappa shape index (κ2) is 6.27. The molecule has 0 heterocycles. The van der Waals surface area contributed by atoms with Crippen LogP contribution in [-0.4, -0.2) is 12.9 Å². The van der Waals surface area contributed by atoms with E-state index >= 15 is 0 Å². The molecule has 2 aromatic carbocycles. The van der Waals surface area contributed by atoms with Gasteiger partial charge in [-0.3, -0.25) is 0 Å². The number of nitrogens with one attached hydrogen (secondary N) is 1. The van der Waals surface area contributed by atoms with Crippen molar-refractivity contribution >= 4 is 5.84 Å². The van der Waals surface area contributed by atoms with E-state index in [1.54, 1.807) is 7.05 Å². The second-order valence-electron chi connectivity index (χ2n) is 3.88. The van der Waals surface area contributed by atoms with Gasteiger partial charge < -0.3 is 11.2 Å². The summed E-state index contributed by atoms with van der Waals surface area (Å²) in [6.45, 7) is 0. The van der Waals surface area contributed by atoms with E-state index in [4.69, 9.17) is 5.73 Å². The molecule has 0 amide bonds. The molecule has 0 unspecified atom stereocenters. The fraction of sp³-hybridized carbons (Fsp3) is 0.0625. The highest BCUT2D eigenvalue weighted by Gasteiger charge is 2.02. The van der Waals surface area contributed by atoms with Crippen LogP contribution in [0.3, 0.4) is 0 Å². The van der Waals surface area contributed by atoms with Gasteiger partial charge in [0.05, 0.1) is 0 Å². The third-order valence-corrected chi connectivity index (χ3v) is 2.55. The molecule has 0 aliphatic rings. The van der Waals surface area contributed by atoms with Gasteiger partial charge >= 0.3 is 0 Å². The van der Waals surface area contributed by atoms with Crippen LogP contribution in [0, 0.1) is 11.8 Å². The monoisotopic (exact) mass is 249 g/mol. The SMILES string of the molecule is CN/N=C(\N)c1ccccc1C#Cc1ccccc1. The summed E-state index contributed by atoms with van der Waals surface area (Å²) in [5.41, 5.74) is 11.2. The summed E-state index contributed by atoms with van der Waals surface area (Å²) >= 11 is 0. The highest BCUT2D eigenvalue weighted by molar-refractivity contribution is 5.99. The summed E-state index contributed by atoms with van der Waals surface area (Å²) < 4.78 is 0. The van der Waals surface area contributed by atoms with E-state index < -0.39 is 0 Å². The molecule has 0 radical (unpaired) electrons. The van der Waals surface area contributed by atoms with E-state index in [-0.39, 0.29) is 0 Å². The molecule has 2 aromatic rings. The van der Waals surface area contributed by atoms with E-state index in [0.29, 0.717) is 5.84 Å². The van der Waals surface area contributed by atoms with Gasteiger partial charge in [0.1, 0.15) is 0 Å². The van der Waals surface area contributed by atoms with Crippen LogP contribution in [0.15, 0.2) is 59.7 Å². The lowest BCUT2D eigenvalue weighted by molar-refractivity contribution is 0.898. The summed E-state index contributed by atoms with van der Waals surface area (Å²) in [5.74, 6) is 6.68. The lowest BCUT2D eigenvalue weighted by Gasteiger charge is -2.03. The van der Waals surface area contributed by atoms with Crippen molar-refractivity contribution in [3.05, 3.63) is 71.3 Å². The Balaban J connectivity index is 2.37. The summed E-state index contributed by atoms with van der Waals surface area (Å²) in [6, 6.07) is 17.5. The minimum Gasteiger partial charge on any atom is -0.382 e. The molecule has 0 saturated heterocycles. The van der Waals surface area contributed by atoms with Gasteiger partial charge in [-0.2, -0.15) is 5.10 Å². The molecule has 3 nitrogen and oxygen atoms in total. The molecule has 19 heavy (non-hydrogen) atoms. The predicted octanol–water partition coefficient (Wildman–Crippen LogP) is 1.93. The van der Waals surface area contributed by atoms with Gasteiger partial charge in [-0.25, -0.2) is 0 Å². The minimum atomic E-state index is 0.431. The minimum absolute atomic E-state index is 0.431. The number of hydrazone groups is 1. The number of hydrogen-bond acceptors (Lipinski definition) is 2. The number of nitrogens with two attached hydrogens (primary N) is 1.